The van der Waals surface area contributed by atoms with E-state index >= 15 is 0 Å². The van der Waals surface area contributed by atoms with Crippen LogP contribution in [0.5, 0.6) is 5.88 Å². The highest BCUT2D eigenvalue weighted by Gasteiger charge is 2.24. The van der Waals surface area contributed by atoms with Gasteiger partial charge in [-0.15, -0.1) is 0 Å². The Morgan fingerprint density at radius 1 is 1.12 bits per heavy atom. The second kappa shape index (κ2) is 6.96. The maximum atomic E-state index is 12.4. The molecule has 2 aliphatic carbocycles. The van der Waals surface area contributed by atoms with Gasteiger partial charge in [0.1, 0.15) is 0 Å². The predicted molar refractivity (Wildman–Crippen MR) is 99.3 cm³/mol. The van der Waals surface area contributed by atoms with Gasteiger partial charge in [0.2, 0.25) is 5.88 Å². The molecule has 5 nitrogen and oxygen atoms in total. The lowest BCUT2D eigenvalue weighted by Crippen LogP contribution is -2.24. The zero-order chi connectivity index (χ0) is 17.2. The van der Waals surface area contributed by atoms with Gasteiger partial charge in [-0.05, 0) is 78.8 Å². The molecule has 1 aromatic carbocycles. The summed E-state index contributed by atoms with van der Waals surface area (Å²) in [6.07, 6.45) is 8.43. The van der Waals surface area contributed by atoms with E-state index < -0.39 is 0 Å². The van der Waals surface area contributed by atoms with Crippen molar-refractivity contribution in [3.05, 3.63) is 46.6 Å². The molecule has 0 bridgehead atoms. The number of aryl methyl sites for hydroxylation is 2. The lowest BCUT2D eigenvalue weighted by molar-refractivity contribution is 0.257. The zero-order valence-corrected chi connectivity index (χ0v) is 15.0. The smallest absolute Gasteiger partial charge is 0.329 e. The summed E-state index contributed by atoms with van der Waals surface area (Å²) in [5.41, 5.74) is 6.58. The molecule has 0 atom stereocenters. The van der Waals surface area contributed by atoms with E-state index in [9.17, 15) is 4.79 Å². The molecule has 0 unspecified atom stereocenters. The number of amides is 2. The molecule has 0 spiro atoms. The molecule has 2 N–H and O–H groups in total. The fraction of sp³-hybridized carbons (Fsp3) is 0.368. The van der Waals surface area contributed by atoms with Gasteiger partial charge >= 0.3 is 6.03 Å². The van der Waals surface area contributed by atoms with E-state index in [1.165, 1.54) is 47.0 Å². The number of rotatable bonds is 4. The molecule has 0 fully saturated rings. The molecule has 0 aliphatic heterocycles. The third-order valence-electron chi connectivity index (χ3n) is 4.89. The Bertz CT molecular complexity index is 773. The molecule has 0 saturated heterocycles. The molecule has 0 saturated carbocycles. The van der Waals surface area contributed by atoms with Gasteiger partial charge in [-0.25, -0.2) is 9.78 Å². The first kappa shape index (κ1) is 16.3. The average molecular weight is 355 g/mol. The van der Waals surface area contributed by atoms with Crippen LogP contribution < -0.4 is 14.8 Å². The average Bonchev–Trinajstić information content (AvgIpc) is 3.29. The van der Waals surface area contributed by atoms with Gasteiger partial charge in [-0.3, -0.25) is 4.72 Å². The second-order valence-corrected chi connectivity index (χ2v) is 7.31. The quantitative estimate of drug-likeness (QED) is 0.817. The van der Waals surface area contributed by atoms with Crippen molar-refractivity contribution in [2.24, 2.45) is 0 Å². The van der Waals surface area contributed by atoms with Crippen LogP contribution in [0.4, 0.5) is 10.5 Å². The summed E-state index contributed by atoms with van der Waals surface area (Å²) in [5.74, 6) is 0.559. The standard InChI is InChI=1S/C19H21N3O2S/c1-24-17-9-8-14(11-20-17)25-22-19(23)21-18-15-6-2-4-12(15)10-13-5-3-7-16(13)18/h8-11H,2-7H2,1H3,(H2,21,22,23). The number of hydrogen-bond acceptors (Lipinski definition) is 4. The van der Waals surface area contributed by atoms with E-state index in [4.69, 9.17) is 4.74 Å². The molecule has 1 aromatic heterocycles. The Hall–Kier alpha value is -2.21. The van der Waals surface area contributed by atoms with E-state index in [0.717, 1.165) is 36.3 Å². The Morgan fingerprint density at radius 2 is 1.84 bits per heavy atom. The number of anilines is 1. The highest BCUT2D eigenvalue weighted by atomic mass is 32.2. The minimum absolute atomic E-state index is 0.185. The zero-order valence-electron chi connectivity index (χ0n) is 14.2. The van der Waals surface area contributed by atoms with Crippen molar-refractivity contribution in [2.45, 2.75) is 43.4 Å². The van der Waals surface area contributed by atoms with E-state index in [-0.39, 0.29) is 6.03 Å². The minimum atomic E-state index is -0.185. The predicted octanol–water partition coefficient (Wildman–Crippen LogP) is 3.90. The number of benzene rings is 1. The number of carbonyl (C=O) groups excluding carboxylic acids is 1. The van der Waals surface area contributed by atoms with Crippen molar-refractivity contribution >= 4 is 23.7 Å². The molecule has 130 valence electrons. The van der Waals surface area contributed by atoms with Crippen LogP contribution in [0.15, 0.2) is 29.3 Å². The Labute approximate surface area is 151 Å². The minimum Gasteiger partial charge on any atom is -0.481 e. The summed E-state index contributed by atoms with van der Waals surface area (Å²) in [5, 5.41) is 3.12. The first-order valence-corrected chi connectivity index (χ1v) is 9.46. The van der Waals surface area contributed by atoms with Gasteiger partial charge < -0.3 is 10.1 Å². The molecule has 2 aromatic rings. The van der Waals surface area contributed by atoms with Crippen molar-refractivity contribution in [3.8, 4) is 5.88 Å². The Morgan fingerprint density at radius 3 is 2.44 bits per heavy atom. The maximum absolute atomic E-state index is 12.4. The second-order valence-electron chi connectivity index (χ2n) is 6.43. The van der Waals surface area contributed by atoms with Crippen molar-refractivity contribution < 1.29 is 9.53 Å². The van der Waals surface area contributed by atoms with Crippen LogP contribution in [0.3, 0.4) is 0 Å². The van der Waals surface area contributed by atoms with Gasteiger partial charge in [-0.2, -0.15) is 0 Å². The lowest BCUT2D eigenvalue weighted by Gasteiger charge is -2.16. The molecule has 6 heteroatoms. The number of aromatic nitrogens is 1. The van der Waals surface area contributed by atoms with Crippen molar-refractivity contribution in [1.29, 1.82) is 0 Å². The van der Waals surface area contributed by atoms with Gasteiger partial charge in [0.25, 0.3) is 0 Å². The SMILES string of the molecule is COc1ccc(SNC(=O)Nc2c3c(cc4c2CCC4)CCC3)cn1. The number of carbonyl (C=O) groups is 1. The summed E-state index contributed by atoms with van der Waals surface area (Å²) in [7, 11) is 1.58. The summed E-state index contributed by atoms with van der Waals surface area (Å²) < 4.78 is 7.89. The first-order valence-electron chi connectivity index (χ1n) is 8.65. The third-order valence-corrected chi connectivity index (χ3v) is 5.66. The molecule has 25 heavy (non-hydrogen) atoms. The van der Waals surface area contributed by atoms with E-state index in [0.29, 0.717) is 5.88 Å². The van der Waals surface area contributed by atoms with Crippen molar-refractivity contribution in [3.63, 3.8) is 0 Å². The monoisotopic (exact) mass is 355 g/mol. The van der Waals surface area contributed by atoms with Gasteiger partial charge in [0.05, 0.1) is 7.11 Å². The fourth-order valence-electron chi connectivity index (χ4n) is 3.76. The van der Waals surface area contributed by atoms with E-state index in [1.54, 1.807) is 19.4 Å². The summed E-state index contributed by atoms with van der Waals surface area (Å²) in [6, 6.07) is 5.83. The number of methoxy groups -OCH3 is 1. The number of nitrogens with one attached hydrogen (secondary N) is 2. The number of nitrogens with zero attached hydrogens (tertiary/aromatic N) is 1. The highest BCUT2D eigenvalue weighted by molar-refractivity contribution is 7.98. The van der Waals surface area contributed by atoms with E-state index in [1.807, 2.05) is 6.07 Å². The Balaban J connectivity index is 1.46. The highest BCUT2D eigenvalue weighted by Crippen LogP contribution is 2.38. The lowest BCUT2D eigenvalue weighted by atomic mass is 9.99. The normalized spacial score (nSPS) is 14.8. The molecule has 2 aliphatic rings. The summed E-state index contributed by atoms with van der Waals surface area (Å²) >= 11 is 1.25. The molecular weight excluding hydrogens is 334 g/mol. The van der Waals surface area contributed by atoms with Crippen LogP contribution in [0.1, 0.15) is 35.1 Å². The van der Waals surface area contributed by atoms with Crippen LogP contribution in [-0.2, 0) is 25.7 Å². The topological polar surface area (TPSA) is 63.2 Å². The van der Waals surface area contributed by atoms with Crippen molar-refractivity contribution in [1.82, 2.24) is 9.71 Å². The number of urea groups is 1. The number of ether oxygens (including phenoxy) is 1. The van der Waals surface area contributed by atoms with Gasteiger partial charge in [0.15, 0.2) is 0 Å². The first-order chi connectivity index (χ1) is 12.2. The fourth-order valence-corrected chi connectivity index (χ4v) is 4.26. The molecule has 4 rings (SSSR count). The molecule has 0 radical (unpaired) electrons. The van der Waals surface area contributed by atoms with Crippen LogP contribution >= 0.6 is 11.9 Å². The van der Waals surface area contributed by atoms with Crippen LogP contribution in [-0.4, -0.2) is 18.1 Å². The number of pyridine rings is 1. The van der Waals surface area contributed by atoms with Crippen molar-refractivity contribution in [2.75, 3.05) is 12.4 Å². The molecular formula is C19H21N3O2S. The largest absolute Gasteiger partial charge is 0.481 e. The third kappa shape index (κ3) is 3.31. The van der Waals surface area contributed by atoms with Crippen LogP contribution in [0.25, 0.3) is 0 Å². The number of hydrogen-bond donors (Lipinski definition) is 2. The summed E-state index contributed by atoms with van der Waals surface area (Å²) in [6.45, 7) is 0. The van der Waals surface area contributed by atoms with Gasteiger partial charge in [-0.1, -0.05) is 6.07 Å². The summed E-state index contributed by atoms with van der Waals surface area (Å²) in [4.78, 5) is 17.4. The number of fused-ring (bicyclic) bond motifs is 2. The van der Waals surface area contributed by atoms with E-state index in [2.05, 4.69) is 21.1 Å². The molecule has 2 amide bonds. The molecule has 1 heterocycles. The van der Waals surface area contributed by atoms with Crippen LogP contribution in [0.2, 0.25) is 0 Å². The maximum Gasteiger partial charge on any atom is 0.329 e. The Kier molecular flexibility index (Phi) is 4.53. The van der Waals surface area contributed by atoms with Crippen LogP contribution in [0, 0.1) is 0 Å². The van der Waals surface area contributed by atoms with Gasteiger partial charge in [0, 0.05) is 22.8 Å².